The van der Waals surface area contributed by atoms with Crippen molar-refractivity contribution in [2.45, 2.75) is 32.6 Å². The minimum absolute atomic E-state index is 0.0543. The summed E-state index contributed by atoms with van der Waals surface area (Å²) in [7, 11) is 0. The van der Waals surface area contributed by atoms with Gasteiger partial charge in [0, 0.05) is 52.6 Å². The highest BCUT2D eigenvalue weighted by atomic mass is 16.6. The van der Waals surface area contributed by atoms with E-state index in [4.69, 9.17) is 0 Å². The number of nitro groups is 1. The van der Waals surface area contributed by atoms with Gasteiger partial charge in [-0.05, 0) is 29.5 Å². The van der Waals surface area contributed by atoms with Crippen molar-refractivity contribution in [1.82, 2.24) is 0 Å². The zero-order valence-electron chi connectivity index (χ0n) is 20.6. The zero-order chi connectivity index (χ0) is 26.3. The molecule has 0 amide bonds. The summed E-state index contributed by atoms with van der Waals surface area (Å²) in [6.07, 6.45) is 0.888. The topological polar surface area (TPSA) is 108 Å². The van der Waals surface area contributed by atoms with E-state index in [0.717, 1.165) is 11.4 Å². The lowest BCUT2D eigenvalue weighted by Gasteiger charge is -2.45. The number of hydrogen-bond donors (Lipinski definition) is 2. The molecule has 3 aromatic rings. The molecule has 0 bridgehead atoms. The molecule has 3 aromatic carbocycles. The Bertz CT molecular complexity index is 1460. The van der Waals surface area contributed by atoms with Crippen LogP contribution in [0.5, 0.6) is 0 Å². The number of amidine groups is 1. The van der Waals surface area contributed by atoms with Gasteiger partial charge in [0.05, 0.1) is 4.92 Å². The predicted molar refractivity (Wildman–Crippen MR) is 144 cm³/mol. The largest absolute Gasteiger partial charge is 0.507 e. The van der Waals surface area contributed by atoms with Crippen molar-refractivity contribution in [2.24, 2.45) is 5.41 Å². The lowest BCUT2D eigenvalue weighted by molar-refractivity contribution is -0.384. The molecule has 0 aromatic heterocycles. The van der Waals surface area contributed by atoms with Gasteiger partial charge < -0.3 is 5.11 Å². The van der Waals surface area contributed by atoms with E-state index in [-0.39, 0.29) is 34.1 Å². The molecule has 7 heteroatoms. The number of non-ortho nitro benzene ring substituents is 1. The Hall–Kier alpha value is -4.52. The number of rotatable bonds is 4. The minimum Gasteiger partial charge on any atom is -0.507 e. The van der Waals surface area contributed by atoms with E-state index in [9.17, 15) is 25.4 Å². The summed E-state index contributed by atoms with van der Waals surface area (Å²) in [6, 6.07) is 24.4. The molecule has 186 valence electrons. The number of carbonyl (C=O) groups excluding carboxylic acids is 1. The molecule has 1 aliphatic heterocycles. The van der Waals surface area contributed by atoms with Gasteiger partial charge in [0.1, 0.15) is 11.6 Å². The van der Waals surface area contributed by atoms with Crippen LogP contribution in [0.25, 0.3) is 5.76 Å². The van der Waals surface area contributed by atoms with Crippen molar-refractivity contribution >= 4 is 28.8 Å². The van der Waals surface area contributed by atoms with Crippen LogP contribution in [0.1, 0.15) is 43.7 Å². The molecule has 7 nitrogen and oxygen atoms in total. The van der Waals surface area contributed by atoms with Crippen LogP contribution >= 0.6 is 0 Å². The molecular formula is C30H27N3O4. The number of aliphatic hydroxyl groups excluding tert-OH is 1. The van der Waals surface area contributed by atoms with Crippen molar-refractivity contribution in [3.8, 4) is 0 Å². The van der Waals surface area contributed by atoms with Crippen LogP contribution in [0.2, 0.25) is 0 Å². The van der Waals surface area contributed by atoms with Crippen LogP contribution in [0.15, 0.2) is 102 Å². The summed E-state index contributed by atoms with van der Waals surface area (Å²) in [4.78, 5) is 26.4. The summed E-state index contributed by atoms with van der Waals surface area (Å²) in [5.74, 6) is -0.826. The van der Waals surface area contributed by atoms with Gasteiger partial charge >= 0.3 is 0 Å². The average molecular weight is 494 g/mol. The molecule has 37 heavy (non-hydrogen) atoms. The quantitative estimate of drug-likeness (QED) is 0.236. The van der Waals surface area contributed by atoms with Crippen LogP contribution in [0, 0.1) is 20.9 Å². The van der Waals surface area contributed by atoms with Crippen LogP contribution in [-0.4, -0.2) is 21.6 Å². The Morgan fingerprint density at radius 2 is 1.57 bits per heavy atom. The van der Waals surface area contributed by atoms with Crippen molar-refractivity contribution < 1.29 is 14.8 Å². The van der Waals surface area contributed by atoms with Crippen LogP contribution in [0.4, 0.5) is 11.4 Å². The van der Waals surface area contributed by atoms with Gasteiger partial charge in [0.25, 0.3) is 5.69 Å². The number of carbonyl (C=O) groups is 1. The molecule has 0 fully saturated rings. The van der Waals surface area contributed by atoms with Gasteiger partial charge in [-0.1, -0.05) is 74.5 Å². The number of aliphatic hydroxyl groups is 1. The fourth-order valence-electron chi connectivity index (χ4n) is 5.35. The van der Waals surface area contributed by atoms with Gasteiger partial charge in [0.15, 0.2) is 5.78 Å². The van der Waals surface area contributed by atoms with Gasteiger partial charge in [-0.2, -0.15) is 0 Å². The summed E-state index contributed by atoms with van der Waals surface area (Å²) in [5.41, 5.74) is 3.02. The van der Waals surface area contributed by atoms with E-state index >= 15 is 0 Å². The van der Waals surface area contributed by atoms with Gasteiger partial charge in [-0.25, -0.2) is 0 Å². The molecular weight excluding hydrogens is 466 g/mol. The number of nitrogens with one attached hydrogen (secondary N) is 1. The Labute approximate surface area is 215 Å². The molecule has 5 rings (SSSR count). The lowest BCUT2D eigenvalue weighted by atomic mass is 9.67. The fourth-order valence-corrected chi connectivity index (χ4v) is 5.35. The van der Waals surface area contributed by atoms with Crippen LogP contribution < -0.4 is 4.90 Å². The summed E-state index contributed by atoms with van der Waals surface area (Å²) < 4.78 is 0. The first-order chi connectivity index (χ1) is 17.7. The monoisotopic (exact) mass is 493 g/mol. The maximum absolute atomic E-state index is 13.8. The first kappa shape index (κ1) is 24.2. The smallest absolute Gasteiger partial charge is 0.269 e. The Kier molecular flexibility index (Phi) is 5.99. The standard InChI is InChI=1S/C30H27N3O4/c1-30(2)17-23-26(24(34)18-30)25(19-13-15-22(16-14-19)33(36)37)27(28(35)20-9-5-3-6-10-20)29(31)32(23)21-11-7-4-8-12-21/h3-16,25,31,35H,17-18H2,1-2H3/b28-27+,31-29?/t25-/m0/s1. The molecule has 0 spiro atoms. The molecule has 2 aliphatic rings. The fraction of sp³-hybridized carbons (Fsp3) is 0.200. The van der Waals surface area contributed by atoms with Crippen molar-refractivity contribution in [2.75, 3.05) is 4.90 Å². The number of anilines is 1. The van der Waals surface area contributed by atoms with Gasteiger partial charge in [0.2, 0.25) is 0 Å². The van der Waals surface area contributed by atoms with Gasteiger partial charge in [-0.3, -0.25) is 25.2 Å². The van der Waals surface area contributed by atoms with Crippen molar-refractivity contribution in [3.05, 3.63) is 123 Å². The number of hydrogen-bond acceptors (Lipinski definition) is 5. The molecule has 1 atom stereocenters. The first-order valence-electron chi connectivity index (χ1n) is 12.1. The average Bonchev–Trinajstić information content (AvgIpc) is 2.88. The molecule has 0 saturated heterocycles. The Morgan fingerprint density at radius 1 is 0.973 bits per heavy atom. The highest BCUT2D eigenvalue weighted by Crippen LogP contribution is 2.51. The number of allylic oxidation sites excluding steroid dienone is 2. The van der Waals surface area contributed by atoms with E-state index < -0.39 is 10.8 Å². The third-order valence-corrected chi connectivity index (χ3v) is 6.98. The molecule has 1 heterocycles. The van der Waals surface area contributed by atoms with E-state index in [1.165, 1.54) is 12.1 Å². The number of benzene rings is 3. The number of Topliss-reactive ketones (excluding diaryl/α,β-unsaturated/α-hetero) is 1. The van der Waals surface area contributed by atoms with Crippen molar-refractivity contribution in [1.29, 1.82) is 5.41 Å². The van der Waals surface area contributed by atoms with Gasteiger partial charge in [-0.15, -0.1) is 0 Å². The molecule has 2 N–H and O–H groups in total. The second-order valence-electron chi connectivity index (χ2n) is 10.2. The lowest BCUT2D eigenvalue weighted by Crippen LogP contribution is -2.45. The minimum atomic E-state index is -0.743. The predicted octanol–water partition coefficient (Wildman–Crippen LogP) is 6.79. The maximum Gasteiger partial charge on any atom is 0.269 e. The highest BCUT2D eigenvalue weighted by molar-refractivity contribution is 6.19. The second kappa shape index (κ2) is 9.17. The SMILES string of the molecule is CC1(C)CC(=O)C2=C(C1)N(c1ccccc1)C(=N)/C(=C(/O)c1ccccc1)[C@H]2c1ccc([N+](=O)[O-])cc1. The zero-order valence-corrected chi connectivity index (χ0v) is 20.6. The van der Waals surface area contributed by atoms with E-state index in [1.54, 1.807) is 41.3 Å². The van der Waals surface area contributed by atoms with E-state index in [0.29, 0.717) is 29.5 Å². The number of ketones is 1. The summed E-state index contributed by atoms with van der Waals surface area (Å²) in [5, 5.41) is 32.3. The first-order valence-corrected chi connectivity index (χ1v) is 12.1. The van der Waals surface area contributed by atoms with E-state index in [2.05, 4.69) is 0 Å². The van der Waals surface area contributed by atoms with Crippen LogP contribution in [0.3, 0.4) is 0 Å². The number of nitrogens with zero attached hydrogens (tertiary/aromatic N) is 2. The van der Waals surface area contributed by atoms with E-state index in [1.807, 2.05) is 50.2 Å². The van der Waals surface area contributed by atoms with Crippen LogP contribution in [-0.2, 0) is 4.79 Å². The third-order valence-electron chi connectivity index (χ3n) is 6.98. The Morgan fingerprint density at radius 3 is 2.16 bits per heavy atom. The molecule has 0 radical (unpaired) electrons. The van der Waals surface area contributed by atoms with Crippen molar-refractivity contribution in [3.63, 3.8) is 0 Å². The third kappa shape index (κ3) is 4.33. The normalized spacial score (nSPS) is 20.5. The molecule has 0 unspecified atom stereocenters. The summed E-state index contributed by atoms with van der Waals surface area (Å²) in [6.45, 7) is 4.07. The number of nitro benzene ring substituents is 1. The molecule has 0 saturated carbocycles. The maximum atomic E-state index is 13.8. The molecule has 1 aliphatic carbocycles. The number of para-hydroxylation sites is 1. The summed E-state index contributed by atoms with van der Waals surface area (Å²) >= 11 is 0. The Balaban J connectivity index is 1.83. The second-order valence-corrected chi connectivity index (χ2v) is 10.2. The highest BCUT2D eigenvalue weighted by Gasteiger charge is 2.46.